The first-order valence-electron chi connectivity index (χ1n) is 6.85. The molecule has 2 unspecified atom stereocenters. The smallest absolute Gasteiger partial charge is 0.118 e. The molecule has 2 nitrogen and oxygen atoms in total. The van der Waals surface area contributed by atoms with E-state index in [0.29, 0.717) is 0 Å². The van der Waals surface area contributed by atoms with E-state index in [2.05, 4.69) is 40.9 Å². The van der Waals surface area contributed by atoms with Crippen LogP contribution in [0.25, 0.3) is 0 Å². The van der Waals surface area contributed by atoms with Gasteiger partial charge >= 0.3 is 0 Å². The highest BCUT2D eigenvalue weighted by Gasteiger charge is 2.37. The average Bonchev–Trinajstić information content (AvgIpc) is 3.25. The lowest BCUT2D eigenvalue weighted by Gasteiger charge is -2.35. The first kappa shape index (κ1) is 12.4. The summed E-state index contributed by atoms with van der Waals surface area (Å²) >= 11 is 2.13. The third kappa shape index (κ3) is 2.83. The van der Waals surface area contributed by atoms with Crippen LogP contribution in [0.5, 0.6) is 5.75 Å². The van der Waals surface area contributed by atoms with Gasteiger partial charge in [0.15, 0.2) is 0 Å². The van der Waals surface area contributed by atoms with Crippen molar-refractivity contribution in [2.45, 2.75) is 37.1 Å². The largest absolute Gasteiger partial charge is 0.497 e. The Morgan fingerprint density at radius 1 is 1.28 bits per heavy atom. The molecule has 0 aromatic heterocycles. The Balaban J connectivity index is 1.65. The molecule has 98 valence electrons. The van der Waals surface area contributed by atoms with Crippen molar-refractivity contribution in [2.24, 2.45) is 0 Å². The Morgan fingerprint density at radius 2 is 2.06 bits per heavy atom. The fourth-order valence-corrected chi connectivity index (χ4v) is 3.74. The fourth-order valence-electron chi connectivity index (χ4n) is 2.88. The molecule has 0 amide bonds. The van der Waals surface area contributed by atoms with Gasteiger partial charge in [-0.25, -0.2) is 0 Å². The summed E-state index contributed by atoms with van der Waals surface area (Å²) in [7, 11) is 1.72. The van der Waals surface area contributed by atoms with Gasteiger partial charge in [-0.1, -0.05) is 18.6 Å². The number of piperidine rings is 1. The minimum Gasteiger partial charge on any atom is -0.497 e. The molecule has 2 atom stereocenters. The van der Waals surface area contributed by atoms with Crippen LogP contribution < -0.4 is 4.74 Å². The number of hydrogen-bond donors (Lipinski definition) is 0. The van der Waals surface area contributed by atoms with Gasteiger partial charge < -0.3 is 4.74 Å². The van der Waals surface area contributed by atoms with E-state index in [9.17, 15) is 0 Å². The highest BCUT2D eigenvalue weighted by Crippen LogP contribution is 2.39. The molecule has 0 spiro atoms. The molecule has 2 aliphatic heterocycles. The second-order valence-corrected chi connectivity index (χ2v) is 6.53. The van der Waals surface area contributed by atoms with Crippen LogP contribution in [0.15, 0.2) is 24.3 Å². The van der Waals surface area contributed by atoms with E-state index >= 15 is 0 Å². The summed E-state index contributed by atoms with van der Waals surface area (Å²) in [5.41, 5.74) is 1.41. The van der Waals surface area contributed by atoms with E-state index in [-0.39, 0.29) is 0 Å². The van der Waals surface area contributed by atoms with Crippen molar-refractivity contribution in [3.63, 3.8) is 0 Å². The van der Waals surface area contributed by atoms with Crippen LogP contribution >= 0.6 is 11.8 Å². The number of rotatable bonds is 4. The van der Waals surface area contributed by atoms with E-state index in [1.165, 1.54) is 37.1 Å². The van der Waals surface area contributed by atoms with Gasteiger partial charge in [0.25, 0.3) is 0 Å². The normalized spacial score (nSPS) is 28.1. The zero-order valence-electron chi connectivity index (χ0n) is 11.0. The van der Waals surface area contributed by atoms with Crippen molar-refractivity contribution >= 4 is 11.8 Å². The molecule has 2 heterocycles. The van der Waals surface area contributed by atoms with Gasteiger partial charge in [0.05, 0.1) is 7.11 Å². The minimum atomic E-state index is 0.825. The third-order valence-corrected chi connectivity index (χ3v) is 5.03. The minimum absolute atomic E-state index is 0.825. The maximum Gasteiger partial charge on any atom is 0.118 e. The first-order chi connectivity index (χ1) is 8.86. The molecule has 1 aromatic carbocycles. The highest BCUT2D eigenvalue weighted by atomic mass is 32.2. The highest BCUT2D eigenvalue weighted by molar-refractivity contribution is 8.06. The molecule has 3 heteroatoms. The molecule has 18 heavy (non-hydrogen) atoms. The van der Waals surface area contributed by atoms with Crippen LogP contribution in [0.4, 0.5) is 0 Å². The Morgan fingerprint density at radius 3 is 2.72 bits per heavy atom. The maximum atomic E-state index is 5.21. The number of ether oxygens (including phenoxy) is 1. The summed E-state index contributed by atoms with van der Waals surface area (Å²) in [6.07, 6.45) is 4.18. The zero-order chi connectivity index (χ0) is 12.4. The van der Waals surface area contributed by atoms with Crippen LogP contribution in [0, 0.1) is 0 Å². The SMILES string of the molecule is COc1ccc(CN2CCCCC2C2CS2)cc1. The second-order valence-electron chi connectivity index (χ2n) is 5.25. The quantitative estimate of drug-likeness (QED) is 0.774. The Kier molecular flexibility index (Phi) is 3.80. The number of nitrogens with zero attached hydrogens (tertiary/aromatic N) is 1. The van der Waals surface area contributed by atoms with E-state index in [4.69, 9.17) is 4.74 Å². The van der Waals surface area contributed by atoms with Crippen LogP contribution in [-0.2, 0) is 6.54 Å². The monoisotopic (exact) mass is 263 g/mol. The molecule has 0 N–H and O–H groups in total. The standard InChI is InChI=1S/C15H21NOS/c1-17-13-7-5-12(6-8-13)10-16-9-3-2-4-14(16)15-11-18-15/h5-8,14-15H,2-4,9-11H2,1H3. The maximum absolute atomic E-state index is 5.21. The van der Waals surface area contributed by atoms with Crippen LogP contribution in [-0.4, -0.2) is 35.6 Å². The molecule has 2 fully saturated rings. The second kappa shape index (κ2) is 5.54. The van der Waals surface area contributed by atoms with Gasteiger partial charge in [0.1, 0.15) is 5.75 Å². The lowest BCUT2D eigenvalue weighted by molar-refractivity contribution is 0.145. The lowest BCUT2D eigenvalue weighted by atomic mass is 9.99. The van der Waals surface area contributed by atoms with Crippen molar-refractivity contribution in [2.75, 3.05) is 19.4 Å². The summed E-state index contributed by atoms with van der Waals surface area (Å²) < 4.78 is 5.21. The summed E-state index contributed by atoms with van der Waals surface area (Å²) in [4.78, 5) is 2.69. The van der Waals surface area contributed by atoms with Crippen LogP contribution in [0.1, 0.15) is 24.8 Å². The molecule has 0 bridgehead atoms. The van der Waals surface area contributed by atoms with Crippen molar-refractivity contribution < 1.29 is 4.74 Å². The molecular weight excluding hydrogens is 242 g/mol. The summed E-state index contributed by atoms with van der Waals surface area (Å²) in [5, 5.41) is 0.920. The molecular formula is C15H21NOS. The summed E-state index contributed by atoms with van der Waals surface area (Å²) in [6, 6.07) is 9.36. The number of methoxy groups -OCH3 is 1. The first-order valence-corrected chi connectivity index (χ1v) is 7.90. The van der Waals surface area contributed by atoms with E-state index < -0.39 is 0 Å². The molecule has 0 aliphatic carbocycles. The van der Waals surface area contributed by atoms with Crippen LogP contribution in [0.2, 0.25) is 0 Å². The van der Waals surface area contributed by atoms with Crippen molar-refractivity contribution in [3.05, 3.63) is 29.8 Å². The molecule has 1 aromatic rings. The number of hydrogen-bond acceptors (Lipinski definition) is 3. The van der Waals surface area contributed by atoms with Gasteiger partial charge in [0, 0.05) is 23.6 Å². The molecule has 0 saturated carbocycles. The van der Waals surface area contributed by atoms with Crippen molar-refractivity contribution in [1.82, 2.24) is 4.90 Å². The van der Waals surface area contributed by atoms with Gasteiger partial charge in [0.2, 0.25) is 0 Å². The van der Waals surface area contributed by atoms with Crippen molar-refractivity contribution in [3.8, 4) is 5.75 Å². The molecule has 0 radical (unpaired) electrons. The number of thioether (sulfide) groups is 1. The van der Waals surface area contributed by atoms with Gasteiger partial charge in [-0.05, 0) is 37.1 Å². The van der Waals surface area contributed by atoms with Gasteiger partial charge in [-0.3, -0.25) is 4.90 Å². The fraction of sp³-hybridized carbons (Fsp3) is 0.600. The zero-order valence-corrected chi connectivity index (χ0v) is 11.8. The summed E-state index contributed by atoms with van der Waals surface area (Å²) in [6.45, 7) is 2.37. The summed E-state index contributed by atoms with van der Waals surface area (Å²) in [5.74, 6) is 2.33. The van der Waals surface area contributed by atoms with Gasteiger partial charge in [-0.2, -0.15) is 11.8 Å². The lowest BCUT2D eigenvalue weighted by Crippen LogP contribution is -2.41. The van der Waals surface area contributed by atoms with E-state index in [0.717, 1.165) is 23.6 Å². The topological polar surface area (TPSA) is 12.5 Å². The van der Waals surface area contributed by atoms with E-state index in [1.54, 1.807) is 7.11 Å². The van der Waals surface area contributed by atoms with E-state index in [1.807, 2.05) is 0 Å². The average molecular weight is 263 g/mol. The Hall–Kier alpha value is -0.670. The molecule has 2 aliphatic rings. The molecule has 3 rings (SSSR count). The van der Waals surface area contributed by atoms with Crippen molar-refractivity contribution in [1.29, 1.82) is 0 Å². The Bertz CT molecular complexity index is 388. The predicted molar refractivity (Wildman–Crippen MR) is 77.3 cm³/mol. The van der Waals surface area contributed by atoms with Crippen LogP contribution in [0.3, 0.4) is 0 Å². The molecule has 2 saturated heterocycles. The van der Waals surface area contributed by atoms with Gasteiger partial charge in [-0.15, -0.1) is 0 Å². The Labute approximate surface area is 114 Å². The third-order valence-electron chi connectivity index (χ3n) is 4.00. The number of benzene rings is 1. The number of likely N-dealkylation sites (tertiary alicyclic amines) is 1. The predicted octanol–water partition coefficient (Wildman–Crippen LogP) is 3.17.